The number of hydrogen-bond acceptors (Lipinski definition) is 12. The van der Waals surface area contributed by atoms with Crippen LogP contribution in [0.4, 0.5) is 0 Å². The zero-order chi connectivity index (χ0) is 104. The molecule has 0 aromatic heterocycles. The lowest BCUT2D eigenvalue weighted by Crippen LogP contribution is -2.27. The van der Waals surface area contributed by atoms with Crippen LogP contribution in [0.1, 0.15) is 235 Å². The van der Waals surface area contributed by atoms with Gasteiger partial charge in [0.05, 0.1) is 0 Å². The number of rotatable bonds is 32. The molecule has 4 N–H and O–H groups in total. The number of benzene rings is 18. The number of fused-ring (bicyclic) bond motifs is 4. The molecule has 20 rings (SSSR count). The molecular formula is C137H128O12. The summed E-state index contributed by atoms with van der Waals surface area (Å²) in [6.45, 7) is 34.2. The number of hydrogen-bond donors (Lipinski definition) is 4. The third-order valence-electron chi connectivity index (χ3n) is 31.6. The molecule has 748 valence electrons. The van der Waals surface area contributed by atoms with Gasteiger partial charge in [0.15, 0.2) is 23.0 Å². The van der Waals surface area contributed by atoms with Crippen LogP contribution in [-0.2, 0) is 60.3 Å². The SMILES string of the molecule is CC1(C)CC2(CC(C)(C)c3cc(Oc4ccc(C(C)(O)c5ccc(Oc6ccc(C(C)(C)c7ccccc7)cc6)cc5)cc4)c(Oc4ccc(C(C)(O)c5ccc(Oc6ccc(C(C)(C)c7ccccc7)cc6)cc5)cc4)cc32)c2cc(Oc3ccc(C(C)(O)c4ccc(Oc5ccc(C(C)(C)c6ccccc6)cc5)cc4)cc3)c(Oc3ccc(C(C)(O)c4ccc(Oc5ccc(C(C)(C)c6ccccc6)cc5)cc4)cc3)cc21. The van der Waals surface area contributed by atoms with Gasteiger partial charge in [-0.2, -0.15) is 0 Å². The molecular weight excluding hydrogens is 1840 g/mol. The van der Waals surface area contributed by atoms with Crippen molar-refractivity contribution in [1.82, 2.24) is 0 Å². The highest BCUT2D eigenvalue weighted by Gasteiger charge is 2.58. The predicted octanol–water partition coefficient (Wildman–Crippen LogP) is 34.0. The monoisotopic (exact) mass is 1960 g/mol. The summed E-state index contributed by atoms with van der Waals surface area (Å²) in [4.78, 5) is 0. The molecule has 12 nitrogen and oxygen atoms in total. The van der Waals surface area contributed by atoms with Gasteiger partial charge in [0, 0.05) is 27.1 Å². The first-order chi connectivity index (χ1) is 71.2. The van der Waals surface area contributed by atoms with Crippen molar-refractivity contribution in [3.05, 3.63) is 548 Å². The van der Waals surface area contributed by atoms with E-state index in [0.29, 0.717) is 149 Å². The minimum atomic E-state index is -1.43. The highest BCUT2D eigenvalue weighted by molar-refractivity contribution is 5.68. The molecule has 0 saturated carbocycles. The van der Waals surface area contributed by atoms with Crippen molar-refractivity contribution in [2.75, 3.05) is 0 Å². The molecule has 0 amide bonds. The van der Waals surface area contributed by atoms with Crippen LogP contribution in [0.25, 0.3) is 0 Å². The Morgan fingerprint density at radius 2 is 0.289 bits per heavy atom. The van der Waals surface area contributed by atoms with Gasteiger partial charge in [-0.1, -0.05) is 350 Å². The second-order valence-electron chi connectivity index (χ2n) is 44.3. The first-order valence-electron chi connectivity index (χ1n) is 51.4. The summed E-state index contributed by atoms with van der Waals surface area (Å²) in [6, 6.07) is 144. The first kappa shape index (κ1) is 100. The molecule has 149 heavy (non-hydrogen) atoms. The summed E-state index contributed by atoms with van der Waals surface area (Å²) in [7, 11) is 0. The first-order valence-corrected chi connectivity index (χ1v) is 51.4. The molecule has 0 heterocycles. The van der Waals surface area contributed by atoms with Gasteiger partial charge in [0.2, 0.25) is 0 Å². The Labute approximate surface area is 876 Å². The van der Waals surface area contributed by atoms with Crippen molar-refractivity contribution in [2.45, 2.75) is 184 Å². The fourth-order valence-corrected chi connectivity index (χ4v) is 22.0. The molecule has 2 aliphatic rings. The van der Waals surface area contributed by atoms with E-state index in [2.05, 4.69) is 253 Å². The van der Waals surface area contributed by atoms with Gasteiger partial charge in [0.25, 0.3) is 0 Å². The Morgan fingerprint density at radius 3 is 0.443 bits per heavy atom. The molecule has 18 aromatic rings. The highest BCUT2D eigenvalue weighted by atomic mass is 16.5. The van der Waals surface area contributed by atoms with Crippen LogP contribution >= 0.6 is 0 Å². The van der Waals surface area contributed by atoms with E-state index in [1.165, 1.54) is 44.5 Å². The third-order valence-corrected chi connectivity index (χ3v) is 31.6. The summed E-state index contributed by atoms with van der Waals surface area (Å²) in [5.74, 6) is 9.28. The normalized spacial score (nSPS) is 15.8. The van der Waals surface area contributed by atoms with Gasteiger partial charge in [-0.3, -0.25) is 0 Å². The standard InChI is InChI=1S/C137H128O12/c1-127(2)89-137(121-87-125(148-117-81-57-105(58-82-117)135(15,140)101-49-73-113(74-50-101)144-109-65-41-97(42-66-109)131(9,10)93-33-25-19-26-34-93)123(85-119(121)127)146-115-77-53-103(54-78-115)133(13,138)99-45-69-111(70-46-99)142-107-61-37-95(38-62-107)129(5,6)91-29-21-17-22-30-91)90-128(3,4)120-86-124(147-116-79-55-104(56-80-116)134(14,139)100-47-71-112(72-48-100)143-108-63-39-96(40-64-108)130(7,8)92-31-23-18-24-32-92)126(88-122(120)137)149-118-83-59-106(60-84-118)136(16,141)102-51-75-114(76-52-102)145-110-67-43-98(44-68-110)132(11,12)94-35-27-20-28-36-94/h17-88,138-141H,89-90H2,1-16H3. The van der Waals surface area contributed by atoms with Crippen LogP contribution in [0, 0.1) is 0 Å². The van der Waals surface area contributed by atoms with E-state index in [1.807, 2.05) is 267 Å². The largest absolute Gasteiger partial charge is 0.457 e. The van der Waals surface area contributed by atoms with E-state index >= 15 is 0 Å². The maximum Gasteiger partial charge on any atom is 0.170 e. The molecule has 0 bridgehead atoms. The van der Waals surface area contributed by atoms with E-state index in [4.69, 9.17) is 37.9 Å². The summed E-state index contributed by atoms with van der Waals surface area (Å²) >= 11 is 0. The number of aliphatic hydroxyl groups is 4. The van der Waals surface area contributed by atoms with Crippen LogP contribution in [0.5, 0.6) is 92.0 Å². The van der Waals surface area contributed by atoms with E-state index in [0.717, 1.165) is 22.3 Å². The van der Waals surface area contributed by atoms with Gasteiger partial charge in [0.1, 0.15) is 91.4 Å². The Balaban J connectivity index is 0.610. The Bertz CT molecular complexity index is 7290. The van der Waals surface area contributed by atoms with Crippen LogP contribution < -0.4 is 37.9 Å². The molecule has 18 aromatic carbocycles. The second-order valence-corrected chi connectivity index (χ2v) is 44.3. The topological polar surface area (TPSA) is 155 Å². The van der Waals surface area contributed by atoms with E-state index < -0.39 is 38.6 Å². The molecule has 12 heteroatoms. The van der Waals surface area contributed by atoms with Crippen molar-refractivity contribution in [3.63, 3.8) is 0 Å². The van der Waals surface area contributed by atoms with Crippen molar-refractivity contribution >= 4 is 0 Å². The van der Waals surface area contributed by atoms with Gasteiger partial charge < -0.3 is 58.3 Å². The molecule has 0 saturated heterocycles. The van der Waals surface area contributed by atoms with Gasteiger partial charge in [-0.15, -0.1) is 0 Å². The van der Waals surface area contributed by atoms with Gasteiger partial charge >= 0.3 is 0 Å². The van der Waals surface area contributed by atoms with Crippen molar-refractivity contribution in [2.24, 2.45) is 0 Å². The van der Waals surface area contributed by atoms with Crippen LogP contribution in [0.2, 0.25) is 0 Å². The lowest BCUT2D eigenvalue weighted by molar-refractivity contribution is 0.102. The molecule has 0 fully saturated rings. The zero-order valence-electron chi connectivity index (χ0n) is 87.5. The Morgan fingerprint density at radius 1 is 0.161 bits per heavy atom. The molecule has 0 radical (unpaired) electrons. The van der Waals surface area contributed by atoms with Crippen molar-refractivity contribution < 1.29 is 58.3 Å². The molecule has 2 aliphatic carbocycles. The smallest absolute Gasteiger partial charge is 0.170 e. The fraction of sp³-hybridized carbons (Fsp3) is 0.212. The summed E-state index contributed by atoms with van der Waals surface area (Å²) in [5.41, 5.74) is 11.1. The molecule has 4 atom stereocenters. The molecule has 4 unspecified atom stereocenters. The zero-order valence-corrected chi connectivity index (χ0v) is 87.5. The van der Waals surface area contributed by atoms with Crippen LogP contribution in [0.3, 0.4) is 0 Å². The minimum Gasteiger partial charge on any atom is -0.457 e. The maximum atomic E-state index is 12.6. The predicted molar refractivity (Wildman–Crippen MR) is 596 cm³/mol. The summed E-state index contributed by atoms with van der Waals surface area (Å²) in [5, 5.41) is 50.3. The Kier molecular flexibility index (Phi) is 26.6. The second kappa shape index (κ2) is 39.4. The van der Waals surface area contributed by atoms with Crippen molar-refractivity contribution in [3.8, 4) is 92.0 Å². The average Bonchev–Trinajstić information content (AvgIpc) is 1.52. The lowest BCUT2D eigenvalue weighted by Gasteiger charge is -2.31. The van der Waals surface area contributed by atoms with E-state index in [-0.39, 0.29) is 21.7 Å². The maximum absolute atomic E-state index is 12.6. The van der Waals surface area contributed by atoms with E-state index in [1.54, 1.807) is 27.7 Å². The average molecular weight is 1970 g/mol. The van der Waals surface area contributed by atoms with Gasteiger partial charge in [-0.25, -0.2) is 0 Å². The third kappa shape index (κ3) is 20.3. The van der Waals surface area contributed by atoms with Crippen LogP contribution in [-0.4, -0.2) is 20.4 Å². The Hall–Kier alpha value is -15.8. The summed E-state index contributed by atoms with van der Waals surface area (Å²) < 4.78 is 54.5. The molecule has 1 spiro atoms. The quantitative estimate of drug-likeness (QED) is 0.0317. The van der Waals surface area contributed by atoms with E-state index in [9.17, 15) is 20.4 Å². The van der Waals surface area contributed by atoms with Gasteiger partial charge in [-0.05, 0) is 332 Å². The van der Waals surface area contributed by atoms with Crippen LogP contribution in [0.15, 0.2) is 437 Å². The highest BCUT2D eigenvalue weighted by Crippen LogP contribution is 2.66. The fourth-order valence-electron chi connectivity index (χ4n) is 22.0. The molecule has 0 aliphatic heterocycles. The number of ether oxygens (including phenoxy) is 8. The van der Waals surface area contributed by atoms with Crippen molar-refractivity contribution in [1.29, 1.82) is 0 Å². The minimum absolute atomic E-state index is 0.198. The lowest BCUT2D eigenvalue weighted by atomic mass is 9.72. The summed E-state index contributed by atoms with van der Waals surface area (Å²) in [6.07, 6.45) is 1.39.